The minimum absolute atomic E-state index is 0.175. The van der Waals surface area contributed by atoms with Crippen LogP contribution in [0, 0.1) is 0 Å². The number of hydrogen-bond donors (Lipinski definition) is 3. The Kier molecular flexibility index (Phi) is 5.39. The summed E-state index contributed by atoms with van der Waals surface area (Å²) in [7, 11) is 0. The highest BCUT2D eigenvalue weighted by Gasteiger charge is 2.26. The quantitative estimate of drug-likeness (QED) is 0.472. The third kappa shape index (κ3) is 3.15. The SMILES string of the molecule is O=C[C@@H](SF)[C@H](O)[C@H](O)CO. The minimum Gasteiger partial charge on any atom is -0.394 e. The molecule has 0 saturated heterocycles. The molecule has 0 aliphatic heterocycles. The highest BCUT2D eigenvalue weighted by atomic mass is 32.2. The molecule has 0 unspecified atom stereocenters. The highest BCUT2D eigenvalue weighted by Crippen LogP contribution is 2.15. The van der Waals surface area contributed by atoms with E-state index in [0.717, 1.165) is 0 Å². The monoisotopic (exact) mass is 184 g/mol. The molecule has 3 atom stereocenters. The first kappa shape index (κ1) is 10.8. The fraction of sp³-hybridized carbons (Fsp3) is 0.800. The van der Waals surface area contributed by atoms with E-state index in [9.17, 15) is 8.68 Å². The number of aliphatic hydroxyl groups excluding tert-OH is 3. The summed E-state index contributed by atoms with van der Waals surface area (Å²) in [6, 6.07) is 0. The smallest absolute Gasteiger partial charge is 0.138 e. The van der Waals surface area contributed by atoms with Crippen molar-refractivity contribution in [2.45, 2.75) is 17.5 Å². The van der Waals surface area contributed by atoms with Gasteiger partial charge >= 0.3 is 0 Å². The van der Waals surface area contributed by atoms with Crippen molar-refractivity contribution in [2.75, 3.05) is 6.61 Å². The fourth-order valence-corrected chi connectivity index (χ4v) is 0.810. The number of aldehydes is 1. The van der Waals surface area contributed by atoms with Gasteiger partial charge in [-0.2, -0.15) is 3.89 Å². The van der Waals surface area contributed by atoms with E-state index in [1.807, 2.05) is 0 Å². The van der Waals surface area contributed by atoms with E-state index in [-0.39, 0.29) is 18.4 Å². The summed E-state index contributed by atoms with van der Waals surface area (Å²) in [4.78, 5) is 9.98. The summed E-state index contributed by atoms with van der Waals surface area (Å²) < 4.78 is 11.7. The van der Waals surface area contributed by atoms with Crippen LogP contribution in [0.3, 0.4) is 0 Å². The first-order valence-corrected chi connectivity index (χ1v) is 3.65. The third-order valence-corrected chi connectivity index (χ3v) is 1.75. The molecule has 0 aromatic carbocycles. The van der Waals surface area contributed by atoms with Crippen LogP contribution in [0.15, 0.2) is 0 Å². The molecule has 6 heteroatoms. The van der Waals surface area contributed by atoms with Gasteiger partial charge in [-0.05, 0) is 0 Å². The lowest BCUT2D eigenvalue weighted by Gasteiger charge is -2.17. The average molecular weight is 184 g/mol. The first-order chi connectivity index (χ1) is 5.17. The van der Waals surface area contributed by atoms with Gasteiger partial charge in [-0.25, -0.2) is 0 Å². The molecule has 0 fully saturated rings. The molecular weight excluding hydrogens is 175 g/mol. The average Bonchev–Trinajstić information content (AvgIpc) is 2.05. The van der Waals surface area contributed by atoms with Crippen LogP contribution in [0.4, 0.5) is 3.89 Å². The summed E-state index contributed by atoms with van der Waals surface area (Å²) in [5.41, 5.74) is 0. The second-order valence-corrected chi connectivity index (χ2v) is 2.65. The van der Waals surface area contributed by atoms with Crippen LogP contribution in [0.1, 0.15) is 0 Å². The van der Waals surface area contributed by atoms with Crippen molar-refractivity contribution in [2.24, 2.45) is 0 Å². The normalized spacial score (nSPS) is 18.9. The van der Waals surface area contributed by atoms with Gasteiger partial charge in [0.05, 0.1) is 18.8 Å². The van der Waals surface area contributed by atoms with E-state index >= 15 is 0 Å². The van der Waals surface area contributed by atoms with Gasteiger partial charge in [-0.3, -0.25) is 0 Å². The Balaban J connectivity index is 3.96. The molecule has 0 saturated carbocycles. The van der Waals surface area contributed by atoms with Gasteiger partial charge in [0.15, 0.2) is 0 Å². The Morgan fingerprint density at radius 2 is 2.09 bits per heavy atom. The topological polar surface area (TPSA) is 77.8 Å². The highest BCUT2D eigenvalue weighted by molar-refractivity contribution is 7.95. The van der Waals surface area contributed by atoms with Crippen LogP contribution >= 0.6 is 12.1 Å². The molecule has 0 heterocycles. The third-order valence-electron chi connectivity index (χ3n) is 1.15. The Bertz CT molecular complexity index is 123. The van der Waals surface area contributed by atoms with E-state index < -0.39 is 24.1 Å². The van der Waals surface area contributed by atoms with Crippen molar-refractivity contribution in [1.29, 1.82) is 0 Å². The van der Waals surface area contributed by atoms with E-state index in [4.69, 9.17) is 15.3 Å². The lowest BCUT2D eigenvalue weighted by atomic mass is 10.1. The van der Waals surface area contributed by atoms with Gasteiger partial charge < -0.3 is 20.1 Å². The second kappa shape index (κ2) is 5.48. The van der Waals surface area contributed by atoms with Crippen molar-refractivity contribution < 1.29 is 24.0 Å². The van der Waals surface area contributed by atoms with Gasteiger partial charge in [0.2, 0.25) is 0 Å². The molecule has 0 aliphatic carbocycles. The maximum Gasteiger partial charge on any atom is 0.138 e. The minimum atomic E-state index is -1.56. The van der Waals surface area contributed by atoms with Gasteiger partial charge in [0.25, 0.3) is 0 Å². The Labute approximate surface area is 67.3 Å². The number of hydrogen-bond acceptors (Lipinski definition) is 5. The number of aliphatic hydroxyl groups is 3. The Morgan fingerprint density at radius 3 is 2.36 bits per heavy atom. The second-order valence-electron chi connectivity index (χ2n) is 1.93. The maximum atomic E-state index is 11.7. The molecule has 3 N–H and O–H groups in total. The Morgan fingerprint density at radius 1 is 1.55 bits per heavy atom. The molecule has 0 aromatic rings. The predicted molar refractivity (Wildman–Crippen MR) is 37.7 cm³/mol. The summed E-state index contributed by atoms with van der Waals surface area (Å²) in [6.45, 7) is -0.702. The maximum absolute atomic E-state index is 11.7. The molecule has 0 spiro atoms. The molecule has 66 valence electrons. The van der Waals surface area contributed by atoms with E-state index in [1.165, 1.54) is 0 Å². The van der Waals surface area contributed by atoms with Gasteiger partial charge in [-0.1, -0.05) is 0 Å². The molecule has 0 bridgehead atoms. The predicted octanol–water partition coefficient (Wildman–Crippen LogP) is -1.11. The standard InChI is InChI=1S/C5H9FO4S/c6-11-4(2-8)5(10)3(9)1-7/h2-5,7,9-10H,1H2/t3-,4-,5-/m1/s1. The molecule has 0 aromatic heterocycles. The van der Waals surface area contributed by atoms with Crippen molar-refractivity contribution in [3.8, 4) is 0 Å². The molecule has 0 amide bonds. The number of carbonyl (C=O) groups excluding carboxylic acids is 1. The first-order valence-electron chi connectivity index (χ1n) is 2.87. The number of halogens is 1. The zero-order valence-corrected chi connectivity index (χ0v) is 6.37. The van der Waals surface area contributed by atoms with Crippen LogP contribution in [0.5, 0.6) is 0 Å². The summed E-state index contributed by atoms with van der Waals surface area (Å²) in [6.07, 6.45) is -2.87. The number of carbonyl (C=O) groups is 1. The summed E-state index contributed by atoms with van der Waals surface area (Å²) in [5, 5.41) is 24.5. The fourth-order valence-electron chi connectivity index (χ4n) is 0.481. The van der Waals surface area contributed by atoms with Gasteiger partial charge in [-0.15, -0.1) is 0 Å². The summed E-state index contributed by atoms with van der Waals surface area (Å²) >= 11 is -0.367. The molecule has 11 heavy (non-hydrogen) atoms. The molecule has 4 nitrogen and oxygen atoms in total. The van der Waals surface area contributed by atoms with E-state index in [2.05, 4.69) is 0 Å². The molecular formula is C5H9FO4S. The largest absolute Gasteiger partial charge is 0.394 e. The molecule has 0 radical (unpaired) electrons. The Hall–Kier alpha value is -0.170. The molecule has 0 rings (SSSR count). The van der Waals surface area contributed by atoms with Crippen molar-refractivity contribution in [3.63, 3.8) is 0 Å². The molecule has 0 aliphatic rings. The van der Waals surface area contributed by atoms with Crippen LogP contribution < -0.4 is 0 Å². The number of rotatable bonds is 5. The van der Waals surface area contributed by atoms with Crippen molar-refractivity contribution in [1.82, 2.24) is 0 Å². The zero-order valence-electron chi connectivity index (χ0n) is 5.55. The van der Waals surface area contributed by atoms with E-state index in [0.29, 0.717) is 0 Å². The van der Waals surface area contributed by atoms with Crippen molar-refractivity contribution >= 4 is 18.4 Å². The van der Waals surface area contributed by atoms with Crippen LogP contribution in [0.25, 0.3) is 0 Å². The van der Waals surface area contributed by atoms with Gasteiger partial charge in [0.1, 0.15) is 23.7 Å². The van der Waals surface area contributed by atoms with Crippen LogP contribution in [-0.4, -0.2) is 45.7 Å². The van der Waals surface area contributed by atoms with E-state index in [1.54, 1.807) is 0 Å². The van der Waals surface area contributed by atoms with Gasteiger partial charge in [0, 0.05) is 0 Å². The lowest BCUT2D eigenvalue weighted by molar-refractivity contribution is -0.111. The van der Waals surface area contributed by atoms with Crippen LogP contribution in [-0.2, 0) is 4.79 Å². The zero-order chi connectivity index (χ0) is 8.85. The summed E-state index contributed by atoms with van der Waals surface area (Å²) in [5.74, 6) is 0. The lowest BCUT2D eigenvalue weighted by Crippen LogP contribution is -2.38. The van der Waals surface area contributed by atoms with Crippen molar-refractivity contribution in [3.05, 3.63) is 0 Å². The van der Waals surface area contributed by atoms with Crippen LogP contribution in [0.2, 0.25) is 0 Å².